The maximum Gasteiger partial charge on any atom is 0.417 e. The van der Waals surface area contributed by atoms with Crippen molar-refractivity contribution >= 4 is 46.3 Å². The zero-order valence-electron chi connectivity index (χ0n) is 19.2. The average molecular weight is 548 g/mol. The Balaban J connectivity index is 1.52. The van der Waals surface area contributed by atoms with Gasteiger partial charge in [-0.05, 0) is 36.6 Å². The summed E-state index contributed by atoms with van der Waals surface area (Å²) < 4.78 is 47.8. The van der Waals surface area contributed by atoms with Crippen LogP contribution in [0.15, 0.2) is 58.4 Å². The zero-order chi connectivity index (χ0) is 26.6. The predicted octanol–water partition coefficient (Wildman–Crippen LogP) is 6.27. The maximum absolute atomic E-state index is 13.9. The molecule has 2 aromatic heterocycles. The summed E-state index contributed by atoms with van der Waals surface area (Å²) in [6.45, 7) is 0.360. The Morgan fingerprint density at radius 3 is 2.57 bits per heavy atom. The molecule has 4 rings (SSSR count). The van der Waals surface area contributed by atoms with E-state index in [0.29, 0.717) is 46.2 Å². The van der Waals surface area contributed by atoms with Crippen LogP contribution >= 0.6 is 24.0 Å². The lowest BCUT2D eigenvalue weighted by atomic mass is 9.99. The number of rotatable bonds is 9. The Morgan fingerprint density at radius 2 is 1.86 bits per heavy atom. The fourth-order valence-corrected chi connectivity index (χ4v) is 5.03. The maximum atomic E-state index is 13.9. The molecule has 0 aliphatic carbocycles. The molecule has 0 unspecified atom stereocenters. The number of furan rings is 1. The summed E-state index contributed by atoms with van der Waals surface area (Å²) in [7, 11) is 0. The van der Waals surface area contributed by atoms with E-state index in [9.17, 15) is 22.8 Å². The summed E-state index contributed by atoms with van der Waals surface area (Å²) in [5, 5.41) is 8.71. The third kappa shape index (κ3) is 6.44. The molecule has 3 heterocycles. The summed E-state index contributed by atoms with van der Waals surface area (Å²) in [6.07, 6.45) is 2.79. The third-order valence-corrected chi connectivity index (χ3v) is 6.91. The summed E-state index contributed by atoms with van der Waals surface area (Å²) in [5.41, 5.74) is -0.246. The number of carboxylic acids is 1. The van der Waals surface area contributed by atoms with Gasteiger partial charge in [0.15, 0.2) is 0 Å². The first-order chi connectivity index (χ1) is 17.6. The Kier molecular flexibility index (Phi) is 8.08. The van der Waals surface area contributed by atoms with E-state index in [1.165, 1.54) is 54.0 Å². The quantitative estimate of drug-likeness (QED) is 0.190. The van der Waals surface area contributed by atoms with Crippen LogP contribution in [0.1, 0.15) is 37.0 Å². The van der Waals surface area contributed by atoms with Crippen molar-refractivity contribution in [2.24, 2.45) is 0 Å². The smallest absolute Gasteiger partial charge is 0.417 e. The number of hydrogen-bond donors (Lipinski definition) is 1. The molecule has 1 aliphatic heterocycles. The molecule has 7 nitrogen and oxygen atoms in total. The number of thiocarbonyl (C=S) groups is 1. The van der Waals surface area contributed by atoms with Crippen LogP contribution in [0.25, 0.3) is 28.5 Å². The number of aromatic nitrogens is 2. The Hall–Kier alpha value is -3.51. The van der Waals surface area contributed by atoms with Gasteiger partial charge in [-0.1, -0.05) is 42.5 Å². The molecule has 12 heteroatoms. The van der Waals surface area contributed by atoms with Crippen molar-refractivity contribution in [2.45, 2.75) is 31.9 Å². The molecule has 0 atom stereocenters. The minimum atomic E-state index is -4.64. The van der Waals surface area contributed by atoms with E-state index in [1.807, 2.05) is 0 Å². The van der Waals surface area contributed by atoms with Gasteiger partial charge >= 0.3 is 12.1 Å². The molecule has 1 aromatic carbocycles. The molecule has 37 heavy (non-hydrogen) atoms. The molecule has 1 aliphatic rings. The van der Waals surface area contributed by atoms with Gasteiger partial charge in [0, 0.05) is 42.6 Å². The van der Waals surface area contributed by atoms with Crippen LogP contribution in [0.4, 0.5) is 13.2 Å². The van der Waals surface area contributed by atoms with Gasteiger partial charge in [0.25, 0.3) is 5.91 Å². The number of halogens is 3. The molecule has 1 fully saturated rings. The Morgan fingerprint density at radius 1 is 1.11 bits per heavy atom. The van der Waals surface area contributed by atoms with E-state index in [-0.39, 0.29) is 29.4 Å². The molecular weight excluding hydrogens is 527 g/mol. The van der Waals surface area contributed by atoms with Crippen LogP contribution in [0.3, 0.4) is 0 Å². The van der Waals surface area contributed by atoms with Crippen LogP contribution in [-0.2, 0) is 15.8 Å². The fourth-order valence-electron chi connectivity index (χ4n) is 3.74. The number of amides is 1. The van der Waals surface area contributed by atoms with E-state index in [4.69, 9.17) is 21.7 Å². The van der Waals surface area contributed by atoms with Crippen molar-refractivity contribution < 1.29 is 32.3 Å². The molecule has 0 saturated carbocycles. The van der Waals surface area contributed by atoms with Gasteiger partial charge in [0.2, 0.25) is 0 Å². The summed E-state index contributed by atoms with van der Waals surface area (Å²) in [5.74, 6) is -0.971. The van der Waals surface area contributed by atoms with Crippen molar-refractivity contribution in [1.82, 2.24) is 14.9 Å². The largest absolute Gasteiger partial charge is 0.481 e. The van der Waals surface area contributed by atoms with Crippen molar-refractivity contribution in [3.63, 3.8) is 0 Å². The second kappa shape index (κ2) is 11.3. The van der Waals surface area contributed by atoms with Crippen molar-refractivity contribution in [3.05, 3.63) is 65.3 Å². The number of unbranched alkanes of at least 4 members (excludes halogenated alkanes) is 2. The van der Waals surface area contributed by atoms with Crippen LogP contribution < -0.4 is 0 Å². The molecule has 3 aromatic rings. The highest BCUT2D eigenvalue weighted by atomic mass is 32.2. The fraction of sp³-hybridized carbons (Fsp3) is 0.240. The number of hydrogen-bond acceptors (Lipinski definition) is 7. The highest BCUT2D eigenvalue weighted by Crippen LogP contribution is 2.40. The molecule has 0 radical (unpaired) electrons. The minimum absolute atomic E-state index is 0.00310. The minimum Gasteiger partial charge on any atom is -0.481 e. The second-order valence-electron chi connectivity index (χ2n) is 8.13. The highest BCUT2D eigenvalue weighted by Gasteiger charge is 2.35. The Labute approximate surface area is 219 Å². The predicted molar refractivity (Wildman–Crippen MR) is 136 cm³/mol. The van der Waals surface area contributed by atoms with Crippen LogP contribution in [-0.4, -0.2) is 42.7 Å². The number of benzene rings is 1. The first-order valence-corrected chi connectivity index (χ1v) is 12.4. The monoisotopic (exact) mass is 547 g/mol. The number of nitrogens with zero attached hydrogens (tertiary/aromatic N) is 3. The number of aliphatic carboxylic acids is 1. The number of thioether (sulfide) groups is 1. The summed E-state index contributed by atoms with van der Waals surface area (Å²) in [6, 6.07) is 6.81. The van der Waals surface area contributed by atoms with Crippen LogP contribution in [0, 0.1) is 0 Å². The van der Waals surface area contributed by atoms with Crippen LogP contribution in [0.2, 0.25) is 0 Å². The average Bonchev–Trinajstić information content (AvgIpc) is 3.43. The van der Waals surface area contributed by atoms with Crippen molar-refractivity contribution in [1.29, 1.82) is 0 Å². The van der Waals surface area contributed by atoms with E-state index < -0.39 is 17.7 Å². The lowest BCUT2D eigenvalue weighted by Gasteiger charge is -2.13. The van der Waals surface area contributed by atoms with E-state index >= 15 is 0 Å². The number of carboxylic acid groups (broad SMARTS) is 1. The van der Waals surface area contributed by atoms with Gasteiger partial charge in [-0.3, -0.25) is 14.5 Å². The lowest BCUT2D eigenvalue weighted by Crippen LogP contribution is -2.29. The number of alkyl halides is 3. The Bertz CT molecular complexity index is 1360. The van der Waals surface area contributed by atoms with Gasteiger partial charge in [-0.25, -0.2) is 9.97 Å². The van der Waals surface area contributed by atoms with Gasteiger partial charge in [0.05, 0.1) is 10.5 Å². The molecule has 1 saturated heterocycles. The second-order valence-corrected chi connectivity index (χ2v) is 9.80. The van der Waals surface area contributed by atoms with Crippen molar-refractivity contribution in [3.8, 4) is 22.5 Å². The first-order valence-electron chi connectivity index (χ1n) is 11.2. The first kappa shape index (κ1) is 26.6. The van der Waals surface area contributed by atoms with E-state index in [2.05, 4.69) is 9.97 Å². The van der Waals surface area contributed by atoms with Gasteiger partial charge < -0.3 is 9.52 Å². The van der Waals surface area contributed by atoms with Gasteiger partial charge in [-0.15, -0.1) is 0 Å². The lowest BCUT2D eigenvalue weighted by molar-refractivity contribution is -0.138. The zero-order valence-corrected chi connectivity index (χ0v) is 20.8. The topological polar surface area (TPSA) is 96.5 Å². The molecule has 0 bridgehead atoms. The molecule has 1 N–H and O–H groups in total. The van der Waals surface area contributed by atoms with Gasteiger partial charge in [-0.2, -0.15) is 13.2 Å². The number of carbonyl (C=O) groups excluding carboxylic acids is 1. The molecule has 0 spiro atoms. The van der Waals surface area contributed by atoms with E-state index in [1.54, 1.807) is 0 Å². The SMILES string of the molecule is O=C(O)CCCCCN1C(=O)/C(=C\c2ccc(-c3ccc(-c4cncnc4)cc3C(F)(F)F)o2)SC1=S. The highest BCUT2D eigenvalue weighted by molar-refractivity contribution is 8.26. The normalized spacial score (nSPS) is 15.1. The van der Waals surface area contributed by atoms with E-state index in [0.717, 1.165) is 17.8 Å². The summed E-state index contributed by atoms with van der Waals surface area (Å²) in [4.78, 5) is 32.8. The summed E-state index contributed by atoms with van der Waals surface area (Å²) >= 11 is 6.37. The standard InChI is InChI=1S/C25H20F3N3O4S2/c26-25(27,28)19-10-15(16-12-29-14-30-13-16)5-7-18(19)20-8-6-17(35-20)11-21-23(34)31(24(36)37-21)9-3-1-2-4-22(32)33/h5-8,10-14H,1-4,9H2,(H,32,33)/b21-11+. The molecular formula is C25H20F3N3O4S2. The van der Waals surface area contributed by atoms with Crippen molar-refractivity contribution in [2.75, 3.05) is 6.54 Å². The molecule has 192 valence electrons. The van der Waals surface area contributed by atoms with Crippen LogP contribution in [0.5, 0.6) is 0 Å². The number of carbonyl (C=O) groups is 2. The molecule has 1 amide bonds. The third-order valence-electron chi connectivity index (χ3n) is 5.53. The van der Waals surface area contributed by atoms with Gasteiger partial charge in [0.1, 0.15) is 22.2 Å².